The summed E-state index contributed by atoms with van der Waals surface area (Å²) in [5, 5.41) is 0.712. The van der Waals surface area contributed by atoms with Crippen molar-refractivity contribution in [3.05, 3.63) is 52.5 Å². The molecule has 3 aromatic rings. The minimum Gasteiger partial charge on any atom is -0.494 e. The number of carbonyl (C=O) groups is 1. The van der Waals surface area contributed by atoms with Crippen LogP contribution < -0.4 is 9.64 Å². The Bertz CT molecular complexity index is 925. The van der Waals surface area contributed by atoms with Gasteiger partial charge in [0.15, 0.2) is 5.13 Å². The molecule has 0 radical (unpaired) electrons. The van der Waals surface area contributed by atoms with Gasteiger partial charge in [-0.1, -0.05) is 27.3 Å². The van der Waals surface area contributed by atoms with E-state index in [-0.39, 0.29) is 5.91 Å². The fourth-order valence-corrected chi connectivity index (χ4v) is 4.14. The number of nitrogens with zero attached hydrogens (tertiary/aromatic N) is 3. The molecule has 1 heterocycles. The van der Waals surface area contributed by atoms with Crippen molar-refractivity contribution in [2.75, 3.05) is 38.7 Å². The molecule has 5 nitrogen and oxygen atoms in total. The van der Waals surface area contributed by atoms with Crippen molar-refractivity contribution >= 4 is 48.5 Å². The highest BCUT2D eigenvalue weighted by Gasteiger charge is 2.21. The largest absolute Gasteiger partial charge is 0.494 e. The summed E-state index contributed by atoms with van der Waals surface area (Å²) < 4.78 is 7.52. The summed E-state index contributed by atoms with van der Waals surface area (Å²) in [5.41, 5.74) is 1.52. The number of halogens is 1. The van der Waals surface area contributed by atoms with Crippen molar-refractivity contribution in [3.8, 4) is 5.75 Å². The van der Waals surface area contributed by atoms with Gasteiger partial charge in [-0.3, -0.25) is 9.69 Å². The number of anilines is 1. The van der Waals surface area contributed by atoms with E-state index in [0.29, 0.717) is 23.8 Å². The molecule has 0 aliphatic rings. The number of benzene rings is 2. The van der Waals surface area contributed by atoms with Gasteiger partial charge in [0.1, 0.15) is 5.75 Å². The Balaban J connectivity index is 1.92. The van der Waals surface area contributed by atoms with E-state index in [4.69, 9.17) is 4.74 Å². The number of fused-ring (bicyclic) bond motifs is 1. The Morgan fingerprint density at radius 1 is 1.15 bits per heavy atom. The zero-order chi connectivity index (χ0) is 19.4. The highest BCUT2D eigenvalue weighted by molar-refractivity contribution is 9.10. The molecular formula is C20H22BrN3O2S. The first-order chi connectivity index (χ1) is 13.0. The summed E-state index contributed by atoms with van der Waals surface area (Å²) in [6.07, 6.45) is 0. The number of thiazole rings is 1. The highest BCUT2D eigenvalue weighted by atomic mass is 79.9. The smallest absolute Gasteiger partial charge is 0.260 e. The number of hydrogen-bond donors (Lipinski definition) is 0. The lowest BCUT2D eigenvalue weighted by atomic mass is 10.2. The molecular weight excluding hydrogens is 426 g/mol. The van der Waals surface area contributed by atoms with Crippen LogP contribution in [-0.2, 0) is 0 Å². The van der Waals surface area contributed by atoms with Gasteiger partial charge in [-0.05, 0) is 63.5 Å². The van der Waals surface area contributed by atoms with E-state index >= 15 is 0 Å². The van der Waals surface area contributed by atoms with Crippen LogP contribution in [0, 0.1) is 0 Å². The quantitative estimate of drug-likeness (QED) is 0.527. The standard InChI is InChI=1S/C20H22BrN3O2S/c1-4-26-16-8-5-14(6-9-16)19(25)24(12-11-23(2)3)20-22-17-10-7-15(21)13-18(17)27-20/h5-10,13H,4,11-12H2,1-3H3. The second kappa shape index (κ2) is 8.82. The molecule has 3 rings (SSSR count). The van der Waals surface area contributed by atoms with E-state index in [1.54, 1.807) is 17.0 Å². The molecule has 0 aliphatic heterocycles. The molecule has 0 bridgehead atoms. The predicted molar refractivity (Wildman–Crippen MR) is 115 cm³/mol. The van der Waals surface area contributed by atoms with E-state index < -0.39 is 0 Å². The van der Waals surface area contributed by atoms with Gasteiger partial charge in [0.2, 0.25) is 0 Å². The lowest BCUT2D eigenvalue weighted by molar-refractivity contribution is 0.0985. The molecule has 27 heavy (non-hydrogen) atoms. The molecule has 0 saturated heterocycles. The van der Waals surface area contributed by atoms with E-state index in [2.05, 4.69) is 25.8 Å². The van der Waals surface area contributed by atoms with Gasteiger partial charge in [-0.2, -0.15) is 0 Å². The van der Waals surface area contributed by atoms with Crippen molar-refractivity contribution in [2.45, 2.75) is 6.92 Å². The molecule has 0 aliphatic carbocycles. The van der Waals surface area contributed by atoms with Crippen LogP contribution in [0.1, 0.15) is 17.3 Å². The third-order valence-electron chi connectivity index (χ3n) is 4.00. The molecule has 142 valence electrons. The Kier molecular flexibility index (Phi) is 6.46. The van der Waals surface area contributed by atoms with E-state index in [1.165, 1.54) is 11.3 Å². The van der Waals surface area contributed by atoms with Crippen molar-refractivity contribution in [2.24, 2.45) is 0 Å². The number of hydrogen-bond acceptors (Lipinski definition) is 5. The number of carbonyl (C=O) groups excluding carboxylic acids is 1. The Hall–Kier alpha value is -1.96. The number of ether oxygens (including phenoxy) is 1. The van der Waals surface area contributed by atoms with Gasteiger partial charge >= 0.3 is 0 Å². The van der Waals surface area contributed by atoms with Crippen LogP contribution in [0.5, 0.6) is 5.75 Å². The van der Waals surface area contributed by atoms with Gasteiger partial charge < -0.3 is 9.64 Å². The Labute approximate surface area is 171 Å². The lowest BCUT2D eigenvalue weighted by Gasteiger charge is -2.22. The Morgan fingerprint density at radius 3 is 2.56 bits per heavy atom. The summed E-state index contributed by atoms with van der Waals surface area (Å²) in [7, 11) is 3.99. The van der Waals surface area contributed by atoms with E-state index in [9.17, 15) is 4.79 Å². The molecule has 1 aromatic heterocycles. The fourth-order valence-electron chi connectivity index (χ4n) is 2.60. The SMILES string of the molecule is CCOc1ccc(C(=O)N(CCN(C)C)c2nc3ccc(Br)cc3s2)cc1. The van der Waals surface area contributed by atoms with Gasteiger partial charge in [0.25, 0.3) is 5.91 Å². The molecule has 1 amide bonds. The van der Waals surface area contributed by atoms with E-state index in [0.717, 1.165) is 27.0 Å². The first kappa shape index (κ1) is 19.8. The summed E-state index contributed by atoms with van der Waals surface area (Å²) in [6.45, 7) is 3.86. The molecule has 0 saturated carbocycles. The molecule has 0 atom stereocenters. The zero-order valence-electron chi connectivity index (χ0n) is 15.6. The first-order valence-electron chi connectivity index (χ1n) is 8.73. The molecule has 0 unspecified atom stereocenters. The second-order valence-corrected chi connectivity index (χ2v) is 8.25. The number of aromatic nitrogens is 1. The van der Waals surface area contributed by atoms with E-state index in [1.807, 2.05) is 51.4 Å². The highest BCUT2D eigenvalue weighted by Crippen LogP contribution is 2.31. The normalized spacial score (nSPS) is 11.1. The maximum absolute atomic E-state index is 13.2. The zero-order valence-corrected chi connectivity index (χ0v) is 18.0. The predicted octanol–water partition coefficient (Wildman–Crippen LogP) is 4.67. The van der Waals surface area contributed by atoms with Crippen molar-refractivity contribution in [3.63, 3.8) is 0 Å². The topological polar surface area (TPSA) is 45.7 Å². The van der Waals surface area contributed by atoms with Crippen LogP contribution in [0.4, 0.5) is 5.13 Å². The molecule has 0 spiro atoms. The summed E-state index contributed by atoms with van der Waals surface area (Å²) >= 11 is 5.02. The maximum atomic E-state index is 13.2. The second-order valence-electron chi connectivity index (χ2n) is 6.33. The Morgan fingerprint density at radius 2 is 1.89 bits per heavy atom. The number of likely N-dealkylation sites (N-methyl/N-ethyl adjacent to an activating group) is 1. The summed E-state index contributed by atoms with van der Waals surface area (Å²) in [5.74, 6) is 0.705. The lowest BCUT2D eigenvalue weighted by Crippen LogP contribution is -2.36. The van der Waals surface area contributed by atoms with Crippen molar-refractivity contribution < 1.29 is 9.53 Å². The van der Waals surface area contributed by atoms with Crippen molar-refractivity contribution in [1.29, 1.82) is 0 Å². The maximum Gasteiger partial charge on any atom is 0.260 e. The fraction of sp³-hybridized carbons (Fsp3) is 0.300. The molecule has 0 fully saturated rings. The average molecular weight is 448 g/mol. The van der Waals surface area contributed by atoms with Gasteiger partial charge in [0, 0.05) is 23.1 Å². The number of amides is 1. The molecule has 2 aromatic carbocycles. The average Bonchev–Trinajstić information content (AvgIpc) is 3.05. The van der Waals surface area contributed by atoms with Crippen LogP contribution in [0.25, 0.3) is 10.2 Å². The third-order valence-corrected chi connectivity index (χ3v) is 5.53. The monoisotopic (exact) mass is 447 g/mol. The third kappa shape index (κ3) is 4.86. The molecule has 0 N–H and O–H groups in total. The summed E-state index contributed by atoms with van der Waals surface area (Å²) in [4.78, 5) is 21.7. The van der Waals surface area contributed by atoms with Gasteiger partial charge in [-0.25, -0.2) is 4.98 Å². The van der Waals surface area contributed by atoms with Gasteiger partial charge in [-0.15, -0.1) is 0 Å². The van der Waals surface area contributed by atoms with Crippen LogP contribution in [0.3, 0.4) is 0 Å². The van der Waals surface area contributed by atoms with Crippen LogP contribution in [-0.4, -0.2) is 49.6 Å². The molecule has 7 heteroatoms. The van der Waals surface area contributed by atoms with Gasteiger partial charge in [0.05, 0.1) is 16.8 Å². The van der Waals surface area contributed by atoms with Crippen LogP contribution in [0.2, 0.25) is 0 Å². The van der Waals surface area contributed by atoms with Crippen molar-refractivity contribution in [1.82, 2.24) is 9.88 Å². The van der Waals surface area contributed by atoms with Crippen LogP contribution >= 0.6 is 27.3 Å². The minimum absolute atomic E-state index is 0.0574. The van der Waals surface area contributed by atoms with Crippen LogP contribution in [0.15, 0.2) is 46.9 Å². The summed E-state index contributed by atoms with van der Waals surface area (Å²) in [6, 6.07) is 13.2. The number of rotatable bonds is 7. The minimum atomic E-state index is -0.0574. The first-order valence-corrected chi connectivity index (χ1v) is 10.3.